The lowest BCUT2D eigenvalue weighted by Crippen LogP contribution is -2.35. The summed E-state index contributed by atoms with van der Waals surface area (Å²) in [6.07, 6.45) is 0.879. The van der Waals surface area contributed by atoms with Crippen LogP contribution in [0.2, 0.25) is 0 Å². The average molecular weight is 459 g/mol. The minimum atomic E-state index is -0.898. The van der Waals surface area contributed by atoms with Crippen LogP contribution < -0.4 is 10.1 Å². The van der Waals surface area contributed by atoms with E-state index in [1.165, 1.54) is 5.56 Å². The van der Waals surface area contributed by atoms with Gasteiger partial charge in [-0.3, -0.25) is 4.79 Å². The Hall–Kier alpha value is -2.31. The second-order valence-corrected chi connectivity index (χ2v) is 10.0. The van der Waals surface area contributed by atoms with Gasteiger partial charge in [-0.1, -0.05) is 46.8 Å². The molecule has 1 aromatic heterocycles. The van der Waals surface area contributed by atoms with Gasteiger partial charge in [-0.25, -0.2) is 0 Å². The highest BCUT2D eigenvalue weighted by molar-refractivity contribution is 5.93. The van der Waals surface area contributed by atoms with Crippen LogP contribution >= 0.6 is 0 Å². The topological polar surface area (TPSA) is 83.7 Å². The number of benzene rings is 1. The van der Waals surface area contributed by atoms with Crippen molar-refractivity contribution in [3.63, 3.8) is 0 Å². The maximum atomic E-state index is 13.0. The molecular weight excluding hydrogens is 416 g/mol. The lowest BCUT2D eigenvalue weighted by Gasteiger charge is -2.34. The Morgan fingerprint density at radius 3 is 2.30 bits per heavy atom. The van der Waals surface area contributed by atoms with Crippen molar-refractivity contribution >= 4 is 5.91 Å². The molecular formula is C27H42N2O4. The largest absolute Gasteiger partial charge is 0.491 e. The third-order valence-electron chi connectivity index (χ3n) is 6.38. The zero-order valence-electron chi connectivity index (χ0n) is 21.4. The van der Waals surface area contributed by atoms with Crippen LogP contribution in [0.15, 0.2) is 30.3 Å². The first kappa shape index (κ1) is 26.9. The Balaban J connectivity index is 2.44. The SMILES string of the molecule is CCn1c(C(=O)NCC(C)(C)C)ccc1C(CC)(CC)c1ccc(OCC(O)CO)c(C)c1. The Morgan fingerprint density at radius 1 is 1.12 bits per heavy atom. The first-order valence-corrected chi connectivity index (χ1v) is 12.0. The van der Waals surface area contributed by atoms with E-state index < -0.39 is 6.10 Å². The number of carbonyl (C=O) groups excluding carboxylic acids is 1. The lowest BCUT2D eigenvalue weighted by atomic mass is 9.72. The summed E-state index contributed by atoms with van der Waals surface area (Å²) in [5.41, 5.74) is 3.76. The minimum absolute atomic E-state index is 0.0211. The van der Waals surface area contributed by atoms with Crippen molar-refractivity contribution in [2.45, 2.75) is 79.4 Å². The molecule has 0 saturated carbocycles. The fraction of sp³-hybridized carbons (Fsp3) is 0.593. The second-order valence-electron chi connectivity index (χ2n) is 10.0. The van der Waals surface area contributed by atoms with E-state index in [1.807, 2.05) is 19.1 Å². The van der Waals surface area contributed by atoms with Gasteiger partial charge in [0, 0.05) is 24.2 Å². The van der Waals surface area contributed by atoms with Crippen LogP contribution in [0.1, 0.15) is 81.7 Å². The summed E-state index contributed by atoms with van der Waals surface area (Å²) in [6.45, 7) is 15.8. The van der Waals surface area contributed by atoms with E-state index in [9.17, 15) is 9.90 Å². The maximum Gasteiger partial charge on any atom is 0.267 e. The van der Waals surface area contributed by atoms with Crippen molar-refractivity contribution in [3.05, 3.63) is 52.8 Å². The van der Waals surface area contributed by atoms with Crippen molar-refractivity contribution in [2.24, 2.45) is 5.41 Å². The Morgan fingerprint density at radius 2 is 1.79 bits per heavy atom. The van der Waals surface area contributed by atoms with Gasteiger partial charge in [-0.05, 0) is 61.4 Å². The van der Waals surface area contributed by atoms with Gasteiger partial charge in [0.25, 0.3) is 5.91 Å². The minimum Gasteiger partial charge on any atom is -0.491 e. The third kappa shape index (κ3) is 6.18. The number of hydrogen-bond donors (Lipinski definition) is 3. The van der Waals surface area contributed by atoms with Gasteiger partial charge < -0.3 is 24.8 Å². The molecule has 0 radical (unpaired) electrons. The zero-order valence-corrected chi connectivity index (χ0v) is 21.4. The van der Waals surface area contributed by atoms with Gasteiger partial charge in [0.1, 0.15) is 24.2 Å². The highest BCUT2D eigenvalue weighted by atomic mass is 16.5. The van der Waals surface area contributed by atoms with E-state index in [-0.39, 0.29) is 30.0 Å². The van der Waals surface area contributed by atoms with E-state index >= 15 is 0 Å². The molecule has 6 heteroatoms. The number of aliphatic hydroxyl groups is 2. The molecule has 1 atom stereocenters. The number of aliphatic hydroxyl groups excluding tert-OH is 2. The molecule has 184 valence electrons. The predicted octanol–water partition coefficient (Wildman–Crippen LogP) is 4.43. The predicted molar refractivity (Wildman–Crippen MR) is 133 cm³/mol. The third-order valence-corrected chi connectivity index (χ3v) is 6.38. The molecule has 0 aliphatic carbocycles. The van der Waals surface area contributed by atoms with E-state index in [1.54, 1.807) is 0 Å². The highest BCUT2D eigenvalue weighted by Crippen LogP contribution is 2.41. The zero-order chi connectivity index (χ0) is 24.8. The van der Waals surface area contributed by atoms with Gasteiger partial charge in [0.05, 0.1) is 6.61 Å². The smallest absolute Gasteiger partial charge is 0.267 e. The van der Waals surface area contributed by atoms with Gasteiger partial charge in [-0.2, -0.15) is 0 Å². The molecule has 0 aliphatic rings. The first-order chi connectivity index (χ1) is 15.5. The molecule has 0 fully saturated rings. The van der Waals surface area contributed by atoms with Crippen LogP contribution in [-0.4, -0.2) is 46.5 Å². The summed E-state index contributed by atoms with van der Waals surface area (Å²) in [6, 6.07) is 10.2. The van der Waals surface area contributed by atoms with Gasteiger partial charge in [0.2, 0.25) is 0 Å². The van der Waals surface area contributed by atoms with Crippen LogP contribution in [0.3, 0.4) is 0 Å². The fourth-order valence-corrected chi connectivity index (χ4v) is 4.38. The summed E-state index contributed by atoms with van der Waals surface area (Å²) in [4.78, 5) is 13.0. The molecule has 2 rings (SSSR count). The molecule has 33 heavy (non-hydrogen) atoms. The maximum absolute atomic E-state index is 13.0. The van der Waals surface area contributed by atoms with Crippen molar-refractivity contribution in [2.75, 3.05) is 19.8 Å². The lowest BCUT2D eigenvalue weighted by molar-refractivity contribution is 0.0534. The molecule has 0 spiro atoms. The summed E-state index contributed by atoms with van der Waals surface area (Å²) in [5, 5.41) is 21.7. The second kappa shape index (κ2) is 11.2. The highest BCUT2D eigenvalue weighted by Gasteiger charge is 2.35. The number of nitrogens with zero attached hydrogens (tertiary/aromatic N) is 1. The number of aromatic nitrogens is 1. The van der Waals surface area contributed by atoms with Gasteiger partial charge in [-0.15, -0.1) is 0 Å². The van der Waals surface area contributed by atoms with Crippen LogP contribution in [0.25, 0.3) is 0 Å². The number of amides is 1. The number of ether oxygens (including phenoxy) is 1. The summed E-state index contributed by atoms with van der Waals surface area (Å²) >= 11 is 0. The van der Waals surface area contributed by atoms with Gasteiger partial charge in [0.15, 0.2) is 0 Å². The number of nitrogens with one attached hydrogen (secondary N) is 1. The molecule has 1 unspecified atom stereocenters. The number of rotatable bonds is 11. The van der Waals surface area contributed by atoms with Crippen molar-refractivity contribution < 1.29 is 19.7 Å². The number of hydrogen-bond acceptors (Lipinski definition) is 4. The Bertz CT molecular complexity index is 923. The van der Waals surface area contributed by atoms with Crippen LogP contribution in [0, 0.1) is 12.3 Å². The fourth-order valence-electron chi connectivity index (χ4n) is 4.38. The summed E-state index contributed by atoms with van der Waals surface area (Å²) < 4.78 is 7.84. The Kier molecular flexibility index (Phi) is 9.15. The van der Waals surface area contributed by atoms with Crippen molar-refractivity contribution in [1.82, 2.24) is 9.88 Å². The summed E-state index contributed by atoms with van der Waals surface area (Å²) in [7, 11) is 0. The molecule has 0 saturated heterocycles. The monoisotopic (exact) mass is 458 g/mol. The molecule has 1 aromatic carbocycles. The van der Waals surface area contributed by atoms with Crippen LogP contribution in [-0.2, 0) is 12.0 Å². The van der Waals surface area contributed by atoms with E-state index in [2.05, 4.69) is 69.6 Å². The molecule has 0 aliphatic heterocycles. The molecule has 3 N–H and O–H groups in total. The van der Waals surface area contributed by atoms with Crippen LogP contribution in [0.5, 0.6) is 5.75 Å². The summed E-state index contributed by atoms with van der Waals surface area (Å²) in [5.74, 6) is 0.655. The van der Waals surface area contributed by atoms with Crippen LogP contribution in [0.4, 0.5) is 0 Å². The first-order valence-electron chi connectivity index (χ1n) is 12.0. The molecule has 1 amide bonds. The van der Waals surface area contributed by atoms with Crippen molar-refractivity contribution in [3.8, 4) is 5.75 Å². The molecule has 6 nitrogen and oxygen atoms in total. The number of carbonyl (C=O) groups is 1. The van der Waals surface area contributed by atoms with Gasteiger partial charge >= 0.3 is 0 Å². The average Bonchev–Trinajstić information content (AvgIpc) is 3.22. The van der Waals surface area contributed by atoms with E-state index in [0.29, 0.717) is 24.5 Å². The number of aryl methyl sites for hydroxylation is 1. The molecule has 0 bridgehead atoms. The Labute approximate surface area is 199 Å². The van der Waals surface area contributed by atoms with E-state index in [4.69, 9.17) is 9.84 Å². The quantitative estimate of drug-likeness (QED) is 0.465. The molecule has 1 heterocycles. The standard InChI is InChI=1S/C27H42N2O4/c1-8-27(9-2,20-11-13-23(19(4)15-20)33-17-21(31)16-30)24-14-12-22(29(24)10-3)25(32)28-18-26(5,6)7/h11-15,21,30-31H,8-10,16-18H2,1-7H3,(H,28,32). The van der Waals surface area contributed by atoms with E-state index in [0.717, 1.165) is 24.1 Å². The molecule has 2 aromatic rings. The normalized spacial score (nSPS) is 13.1. The van der Waals surface area contributed by atoms with Crippen molar-refractivity contribution in [1.29, 1.82) is 0 Å².